The summed E-state index contributed by atoms with van der Waals surface area (Å²) in [6, 6.07) is 3.02. The van der Waals surface area contributed by atoms with Crippen molar-refractivity contribution in [2.24, 2.45) is 0 Å². The lowest BCUT2D eigenvalue weighted by Gasteiger charge is -2.20. The maximum Gasteiger partial charge on any atom is 0.274 e. The average Bonchev–Trinajstić information content (AvgIpc) is 2.37. The highest BCUT2D eigenvalue weighted by Gasteiger charge is 2.23. The van der Waals surface area contributed by atoms with E-state index < -0.39 is 21.5 Å². The quantitative estimate of drug-likeness (QED) is 0.858. The third kappa shape index (κ3) is 4.28. The van der Waals surface area contributed by atoms with Crippen LogP contribution in [0.2, 0.25) is 0 Å². The topological polar surface area (TPSA) is 75.7 Å². The number of nitrogens with zero attached hydrogens (tertiary/aromatic N) is 1. The van der Waals surface area contributed by atoms with Crippen LogP contribution in [0.5, 0.6) is 0 Å². The highest BCUT2D eigenvalue weighted by atomic mass is 32.2. The maximum absolute atomic E-state index is 12.4. The molecule has 22 heavy (non-hydrogen) atoms. The number of amides is 1. The van der Waals surface area contributed by atoms with Gasteiger partial charge in [-0.05, 0) is 57.9 Å². The second kappa shape index (κ2) is 6.36. The maximum atomic E-state index is 12.4. The van der Waals surface area contributed by atoms with Crippen molar-refractivity contribution in [2.45, 2.75) is 45.1 Å². The summed E-state index contributed by atoms with van der Waals surface area (Å²) in [4.78, 5) is 17.5. The van der Waals surface area contributed by atoms with Crippen molar-refractivity contribution in [2.75, 3.05) is 14.1 Å². The summed E-state index contributed by atoms with van der Waals surface area (Å²) in [5, 5.41) is 0. The minimum Gasteiger partial charge on any atom is -0.268 e. The first-order valence-electron chi connectivity index (χ1n) is 6.88. The van der Waals surface area contributed by atoms with Crippen molar-refractivity contribution >= 4 is 15.9 Å². The molecule has 0 aliphatic heterocycles. The van der Waals surface area contributed by atoms with E-state index in [0.717, 1.165) is 9.87 Å². The van der Waals surface area contributed by atoms with Crippen LogP contribution in [-0.4, -0.2) is 38.3 Å². The van der Waals surface area contributed by atoms with Crippen LogP contribution >= 0.6 is 0 Å². The number of rotatable bonds is 4. The molecule has 1 amide bonds. The Bertz CT molecular complexity index is 674. The van der Waals surface area contributed by atoms with E-state index in [4.69, 9.17) is 4.84 Å². The Balaban J connectivity index is 3.25. The average molecular weight is 328 g/mol. The summed E-state index contributed by atoms with van der Waals surface area (Å²) in [6.45, 7) is 8.89. The Hall–Kier alpha value is -1.44. The molecule has 0 saturated heterocycles. The van der Waals surface area contributed by atoms with Gasteiger partial charge in [0.05, 0.1) is 10.5 Å². The molecule has 0 radical (unpaired) electrons. The third-order valence-electron chi connectivity index (χ3n) is 3.09. The Morgan fingerprint density at radius 1 is 1.18 bits per heavy atom. The van der Waals surface area contributed by atoms with Gasteiger partial charge in [0.1, 0.15) is 0 Å². The molecule has 124 valence electrons. The zero-order chi connectivity index (χ0) is 17.3. The highest BCUT2D eigenvalue weighted by molar-refractivity contribution is 7.89. The van der Waals surface area contributed by atoms with Crippen LogP contribution < -0.4 is 5.48 Å². The molecule has 0 saturated carbocycles. The summed E-state index contributed by atoms with van der Waals surface area (Å²) in [5.74, 6) is -0.478. The van der Waals surface area contributed by atoms with Gasteiger partial charge in [-0.15, -0.1) is 0 Å². The second-order valence-corrected chi connectivity index (χ2v) is 8.47. The minimum atomic E-state index is -3.62. The first-order valence-corrected chi connectivity index (χ1v) is 8.32. The standard InChI is InChI=1S/C15H24N2O4S/c1-10-8-12(14(18)16-21-15(3,4)5)9-13(11(10)2)22(19,20)17(6)7/h8-9H,1-7H3,(H,16,18). The molecule has 0 aromatic heterocycles. The molecule has 1 N–H and O–H groups in total. The van der Waals surface area contributed by atoms with E-state index in [9.17, 15) is 13.2 Å². The van der Waals surface area contributed by atoms with E-state index in [1.807, 2.05) is 0 Å². The number of benzene rings is 1. The van der Waals surface area contributed by atoms with Gasteiger partial charge in [0, 0.05) is 19.7 Å². The number of carbonyl (C=O) groups excluding carboxylic acids is 1. The predicted molar refractivity (Wildman–Crippen MR) is 85.1 cm³/mol. The molecule has 0 aliphatic carbocycles. The molecular formula is C15H24N2O4S. The number of sulfonamides is 1. The number of hydrogen-bond acceptors (Lipinski definition) is 4. The molecule has 0 fully saturated rings. The van der Waals surface area contributed by atoms with Gasteiger partial charge < -0.3 is 0 Å². The molecule has 0 atom stereocenters. The SMILES string of the molecule is Cc1cc(C(=O)NOC(C)(C)C)cc(S(=O)(=O)N(C)C)c1C. The summed E-state index contributed by atoms with van der Waals surface area (Å²) in [5.41, 5.74) is 3.41. The fraction of sp³-hybridized carbons (Fsp3) is 0.533. The number of hydroxylamine groups is 1. The number of aryl methyl sites for hydroxylation is 1. The third-order valence-corrected chi connectivity index (χ3v) is 5.03. The van der Waals surface area contributed by atoms with E-state index in [1.165, 1.54) is 20.2 Å². The lowest BCUT2D eigenvalue weighted by molar-refractivity contribution is -0.0589. The zero-order valence-corrected chi connectivity index (χ0v) is 15.0. The molecule has 1 rings (SSSR count). The van der Waals surface area contributed by atoms with Crippen LogP contribution in [0.4, 0.5) is 0 Å². The molecule has 1 aromatic rings. The van der Waals surface area contributed by atoms with Crippen molar-refractivity contribution in [3.63, 3.8) is 0 Å². The van der Waals surface area contributed by atoms with Gasteiger partial charge in [-0.1, -0.05) is 0 Å². The van der Waals surface area contributed by atoms with Crippen molar-refractivity contribution in [3.05, 3.63) is 28.8 Å². The van der Waals surface area contributed by atoms with Crippen LogP contribution in [0, 0.1) is 13.8 Å². The Kier molecular flexibility index (Phi) is 5.38. The Morgan fingerprint density at radius 3 is 2.18 bits per heavy atom. The van der Waals surface area contributed by atoms with Gasteiger partial charge in [0.15, 0.2) is 0 Å². The van der Waals surface area contributed by atoms with Gasteiger partial charge in [0.25, 0.3) is 5.91 Å². The van der Waals surface area contributed by atoms with Crippen molar-refractivity contribution in [1.82, 2.24) is 9.79 Å². The molecule has 1 aromatic carbocycles. The molecule has 0 spiro atoms. The Labute approximate surface area is 132 Å². The normalized spacial score (nSPS) is 12.5. The van der Waals surface area contributed by atoms with Gasteiger partial charge in [-0.25, -0.2) is 18.2 Å². The van der Waals surface area contributed by atoms with Crippen LogP contribution in [0.15, 0.2) is 17.0 Å². The lowest BCUT2D eigenvalue weighted by Crippen LogP contribution is -2.33. The number of carbonyl (C=O) groups is 1. The van der Waals surface area contributed by atoms with Crippen molar-refractivity contribution in [1.29, 1.82) is 0 Å². The van der Waals surface area contributed by atoms with Gasteiger partial charge >= 0.3 is 0 Å². The smallest absolute Gasteiger partial charge is 0.268 e. The van der Waals surface area contributed by atoms with Crippen molar-refractivity contribution in [3.8, 4) is 0 Å². The first-order chi connectivity index (χ1) is 9.86. The monoisotopic (exact) mass is 328 g/mol. The predicted octanol–water partition coefficient (Wildman–Crippen LogP) is 2.01. The number of hydrogen-bond donors (Lipinski definition) is 1. The molecule has 0 aliphatic rings. The van der Waals surface area contributed by atoms with E-state index in [2.05, 4.69) is 5.48 Å². The van der Waals surface area contributed by atoms with E-state index >= 15 is 0 Å². The largest absolute Gasteiger partial charge is 0.274 e. The van der Waals surface area contributed by atoms with Gasteiger partial charge in [-0.2, -0.15) is 0 Å². The fourth-order valence-electron chi connectivity index (χ4n) is 1.68. The molecule has 0 heterocycles. The molecule has 6 nitrogen and oxygen atoms in total. The molecular weight excluding hydrogens is 304 g/mol. The van der Waals surface area contributed by atoms with E-state index in [0.29, 0.717) is 5.56 Å². The highest BCUT2D eigenvalue weighted by Crippen LogP contribution is 2.23. The van der Waals surface area contributed by atoms with Crippen LogP contribution in [0.1, 0.15) is 42.3 Å². The summed E-state index contributed by atoms with van der Waals surface area (Å²) in [6.07, 6.45) is 0. The second-order valence-electron chi connectivity index (χ2n) is 6.35. The minimum absolute atomic E-state index is 0.124. The van der Waals surface area contributed by atoms with Crippen LogP contribution in [-0.2, 0) is 14.9 Å². The summed E-state index contributed by atoms with van der Waals surface area (Å²) in [7, 11) is -0.701. The molecule has 7 heteroatoms. The number of nitrogens with one attached hydrogen (secondary N) is 1. The molecule has 0 bridgehead atoms. The van der Waals surface area contributed by atoms with Crippen LogP contribution in [0.3, 0.4) is 0 Å². The zero-order valence-electron chi connectivity index (χ0n) is 14.1. The Morgan fingerprint density at radius 2 is 1.73 bits per heavy atom. The summed E-state index contributed by atoms with van der Waals surface area (Å²) >= 11 is 0. The van der Waals surface area contributed by atoms with E-state index in [-0.39, 0.29) is 10.5 Å². The van der Waals surface area contributed by atoms with Crippen molar-refractivity contribution < 1.29 is 18.0 Å². The molecule has 0 unspecified atom stereocenters. The van der Waals surface area contributed by atoms with E-state index in [1.54, 1.807) is 40.7 Å². The first kappa shape index (κ1) is 18.6. The van der Waals surface area contributed by atoms with Crippen LogP contribution in [0.25, 0.3) is 0 Å². The summed E-state index contributed by atoms with van der Waals surface area (Å²) < 4.78 is 25.8. The van der Waals surface area contributed by atoms with Gasteiger partial charge in [-0.3, -0.25) is 9.63 Å². The lowest BCUT2D eigenvalue weighted by atomic mass is 10.1. The fourth-order valence-corrected chi connectivity index (χ4v) is 2.90. The van der Waals surface area contributed by atoms with Gasteiger partial charge in [0.2, 0.25) is 10.0 Å².